The highest BCUT2D eigenvalue weighted by Gasteiger charge is 2.32. The Labute approximate surface area is 202 Å². The molecule has 2 rings (SSSR count). The summed E-state index contributed by atoms with van der Waals surface area (Å²) in [6, 6.07) is 10.3. The highest BCUT2D eigenvalue weighted by molar-refractivity contribution is 7.92. The average Bonchev–Trinajstić information content (AvgIpc) is 2.70. The quantitative estimate of drug-likeness (QED) is 0.612. The van der Waals surface area contributed by atoms with Crippen LogP contribution in [0.5, 0.6) is 0 Å². The molecule has 0 aliphatic carbocycles. The van der Waals surface area contributed by atoms with E-state index in [4.69, 9.17) is 0 Å². The number of carbonyl (C=O) groups excluding carboxylic acids is 2. The Morgan fingerprint density at radius 2 is 1.71 bits per heavy atom. The lowest BCUT2D eigenvalue weighted by Gasteiger charge is -2.33. The van der Waals surface area contributed by atoms with Crippen molar-refractivity contribution in [3.8, 4) is 0 Å². The second-order valence-electron chi connectivity index (χ2n) is 9.59. The minimum Gasteiger partial charge on any atom is -0.350 e. The normalized spacial score (nSPS) is 12.7. The first-order valence-corrected chi connectivity index (χ1v) is 12.8. The van der Waals surface area contributed by atoms with Crippen LogP contribution in [0.1, 0.15) is 44.4 Å². The van der Waals surface area contributed by atoms with E-state index in [1.54, 1.807) is 32.0 Å². The minimum absolute atomic E-state index is 0.186. The molecule has 1 unspecified atom stereocenters. The third kappa shape index (κ3) is 7.28. The van der Waals surface area contributed by atoms with Crippen LogP contribution in [0.25, 0.3) is 0 Å². The molecule has 186 valence electrons. The fourth-order valence-corrected chi connectivity index (χ4v) is 4.35. The van der Waals surface area contributed by atoms with Crippen molar-refractivity contribution in [1.82, 2.24) is 10.2 Å². The molecule has 2 aromatic rings. The van der Waals surface area contributed by atoms with Gasteiger partial charge in [-0.25, -0.2) is 12.8 Å². The first kappa shape index (κ1) is 27.3. The number of aryl methyl sites for hydroxylation is 2. The number of carbonyl (C=O) groups is 2. The van der Waals surface area contributed by atoms with Crippen LogP contribution in [0.15, 0.2) is 42.5 Å². The van der Waals surface area contributed by atoms with Crippen molar-refractivity contribution in [2.45, 2.75) is 59.7 Å². The maximum absolute atomic E-state index is 14.4. The van der Waals surface area contributed by atoms with Crippen LogP contribution in [0.4, 0.5) is 10.1 Å². The van der Waals surface area contributed by atoms with Gasteiger partial charge in [0.15, 0.2) is 0 Å². The van der Waals surface area contributed by atoms with Crippen LogP contribution in [-0.2, 0) is 26.2 Å². The van der Waals surface area contributed by atoms with Gasteiger partial charge in [0, 0.05) is 17.6 Å². The van der Waals surface area contributed by atoms with E-state index in [9.17, 15) is 22.4 Å². The summed E-state index contributed by atoms with van der Waals surface area (Å²) in [7, 11) is -3.83. The van der Waals surface area contributed by atoms with E-state index >= 15 is 0 Å². The van der Waals surface area contributed by atoms with Crippen LogP contribution >= 0.6 is 0 Å². The van der Waals surface area contributed by atoms with Gasteiger partial charge in [0.25, 0.3) is 0 Å². The maximum atomic E-state index is 14.4. The molecule has 0 saturated carbocycles. The summed E-state index contributed by atoms with van der Waals surface area (Å²) in [5.41, 5.74) is 1.58. The third-order valence-electron chi connectivity index (χ3n) is 5.28. The molecule has 9 heteroatoms. The van der Waals surface area contributed by atoms with E-state index in [0.717, 1.165) is 16.1 Å². The van der Waals surface area contributed by atoms with E-state index in [-0.39, 0.29) is 12.1 Å². The maximum Gasteiger partial charge on any atom is 0.244 e. The molecule has 0 aliphatic rings. The summed E-state index contributed by atoms with van der Waals surface area (Å²) in [6.07, 6.45) is 1.03. The van der Waals surface area contributed by atoms with Crippen molar-refractivity contribution in [3.63, 3.8) is 0 Å². The van der Waals surface area contributed by atoms with Gasteiger partial charge in [0.1, 0.15) is 18.4 Å². The average molecular weight is 492 g/mol. The smallest absolute Gasteiger partial charge is 0.244 e. The molecule has 2 amide bonds. The van der Waals surface area contributed by atoms with E-state index in [2.05, 4.69) is 5.32 Å². The van der Waals surface area contributed by atoms with Crippen molar-refractivity contribution in [2.24, 2.45) is 0 Å². The molecule has 1 atom stereocenters. The summed E-state index contributed by atoms with van der Waals surface area (Å²) in [4.78, 5) is 27.6. The summed E-state index contributed by atoms with van der Waals surface area (Å²) in [5, 5.41) is 2.83. The number of hydrogen-bond acceptors (Lipinski definition) is 4. The number of amides is 2. The van der Waals surface area contributed by atoms with Gasteiger partial charge in [-0.2, -0.15) is 0 Å². The standard InChI is InChI=1S/C25H34FN3O4S/c1-17-12-13-18(2)22(14-17)29(34(7,32)33)16-23(30)28(15-20-10-8-9-11-21(20)26)19(3)24(31)27-25(4,5)6/h8-14,19H,15-16H2,1-7H3,(H,27,31). The van der Waals surface area contributed by atoms with E-state index in [1.165, 1.54) is 23.1 Å². The predicted octanol–water partition coefficient (Wildman–Crippen LogP) is 3.54. The minimum atomic E-state index is -3.83. The number of nitrogens with zero attached hydrogens (tertiary/aromatic N) is 2. The van der Waals surface area contributed by atoms with Crippen molar-refractivity contribution in [2.75, 3.05) is 17.1 Å². The van der Waals surface area contributed by atoms with Crippen LogP contribution in [0.2, 0.25) is 0 Å². The van der Waals surface area contributed by atoms with Gasteiger partial charge < -0.3 is 10.2 Å². The van der Waals surface area contributed by atoms with Crippen LogP contribution < -0.4 is 9.62 Å². The zero-order valence-electron chi connectivity index (χ0n) is 20.8. The lowest BCUT2D eigenvalue weighted by molar-refractivity contribution is -0.140. The van der Waals surface area contributed by atoms with Gasteiger partial charge in [0.2, 0.25) is 21.8 Å². The number of halogens is 1. The lowest BCUT2D eigenvalue weighted by Crippen LogP contribution is -2.54. The SMILES string of the molecule is Cc1ccc(C)c(N(CC(=O)N(Cc2ccccc2F)C(C)C(=O)NC(C)(C)C)S(C)(=O)=O)c1. The first-order valence-electron chi connectivity index (χ1n) is 11.0. The monoisotopic (exact) mass is 491 g/mol. The van der Waals surface area contributed by atoms with Gasteiger partial charge in [-0.1, -0.05) is 30.3 Å². The highest BCUT2D eigenvalue weighted by atomic mass is 32.2. The molecule has 2 aromatic carbocycles. The Bertz CT molecular complexity index is 1160. The molecule has 0 aliphatic heterocycles. The van der Waals surface area contributed by atoms with E-state index in [1.807, 2.05) is 33.8 Å². The summed E-state index contributed by atoms with van der Waals surface area (Å²) < 4.78 is 40.8. The van der Waals surface area contributed by atoms with E-state index in [0.29, 0.717) is 11.3 Å². The van der Waals surface area contributed by atoms with Crippen molar-refractivity contribution >= 4 is 27.5 Å². The molecule has 1 N–H and O–H groups in total. The number of anilines is 1. The Morgan fingerprint density at radius 3 is 2.26 bits per heavy atom. The summed E-state index contributed by atoms with van der Waals surface area (Å²) >= 11 is 0. The number of hydrogen-bond donors (Lipinski definition) is 1. The Hall–Kier alpha value is -2.94. The molecule has 0 fully saturated rings. The lowest BCUT2D eigenvalue weighted by atomic mass is 10.1. The molecule has 0 heterocycles. The molecule has 0 saturated heterocycles. The molecular formula is C25H34FN3O4S. The number of rotatable bonds is 8. The number of benzene rings is 2. The fourth-order valence-electron chi connectivity index (χ4n) is 3.45. The number of sulfonamides is 1. The zero-order chi connectivity index (χ0) is 25.8. The second kappa shape index (κ2) is 10.5. The first-order chi connectivity index (χ1) is 15.6. The Kier molecular flexibility index (Phi) is 8.47. The Morgan fingerprint density at radius 1 is 1.09 bits per heavy atom. The third-order valence-corrected chi connectivity index (χ3v) is 6.40. The van der Waals surface area contributed by atoms with Crippen molar-refractivity contribution in [1.29, 1.82) is 0 Å². The van der Waals surface area contributed by atoms with Gasteiger partial charge >= 0.3 is 0 Å². The predicted molar refractivity (Wildman–Crippen MR) is 132 cm³/mol. The van der Waals surface area contributed by atoms with Crippen LogP contribution in [-0.4, -0.2) is 49.5 Å². The Balaban J connectivity index is 2.47. The van der Waals surface area contributed by atoms with E-state index < -0.39 is 45.8 Å². The molecule has 0 spiro atoms. The van der Waals surface area contributed by atoms with Crippen molar-refractivity contribution in [3.05, 3.63) is 65.0 Å². The molecular weight excluding hydrogens is 457 g/mol. The molecule has 7 nitrogen and oxygen atoms in total. The van der Waals surface area contributed by atoms with Gasteiger partial charge in [-0.15, -0.1) is 0 Å². The van der Waals surface area contributed by atoms with Crippen molar-refractivity contribution < 1.29 is 22.4 Å². The van der Waals surface area contributed by atoms with Gasteiger partial charge in [0.05, 0.1) is 11.9 Å². The number of nitrogens with one attached hydrogen (secondary N) is 1. The fraction of sp³-hybridized carbons (Fsp3) is 0.440. The van der Waals surface area contributed by atoms with Crippen LogP contribution in [0, 0.1) is 19.7 Å². The molecule has 0 radical (unpaired) electrons. The molecule has 34 heavy (non-hydrogen) atoms. The second-order valence-corrected chi connectivity index (χ2v) is 11.5. The van der Waals surface area contributed by atoms with Gasteiger partial charge in [-0.05, 0) is 64.8 Å². The molecule has 0 bridgehead atoms. The zero-order valence-corrected chi connectivity index (χ0v) is 21.7. The van der Waals surface area contributed by atoms with Gasteiger partial charge in [-0.3, -0.25) is 13.9 Å². The summed E-state index contributed by atoms with van der Waals surface area (Å²) in [5.74, 6) is -1.56. The topological polar surface area (TPSA) is 86.8 Å². The highest BCUT2D eigenvalue weighted by Crippen LogP contribution is 2.25. The summed E-state index contributed by atoms with van der Waals surface area (Å²) in [6.45, 7) is 9.86. The largest absolute Gasteiger partial charge is 0.350 e. The molecule has 0 aromatic heterocycles. The van der Waals surface area contributed by atoms with Crippen LogP contribution in [0.3, 0.4) is 0 Å².